The van der Waals surface area contributed by atoms with Gasteiger partial charge in [0.15, 0.2) is 0 Å². The Bertz CT molecular complexity index is 405. The van der Waals surface area contributed by atoms with E-state index in [1.807, 2.05) is 11.7 Å². The molecule has 0 spiro atoms. The average Bonchev–Trinajstić information content (AvgIpc) is 2.81. The average molecular weight is 302 g/mol. The van der Waals surface area contributed by atoms with Crippen molar-refractivity contribution in [3.05, 3.63) is 11.3 Å². The first-order chi connectivity index (χ1) is 8.06. The lowest BCUT2D eigenvalue weighted by atomic mass is 10.1. The van der Waals surface area contributed by atoms with Crippen molar-refractivity contribution >= 4 is 21.7 Å². The fraction of sp³-hybridized carbons (Fsp3) is 0.750. The second kappa shape index (κ2) is 4.98. The van der Waals surface area contributed by atoms with Crippen molar-refractivity contribution < 1.29 is 4.74 Å². The minimum atomic E-state index is 0.290. The molecule has 0 aliphatic carbocycles. The predicted molar refractivity (Wildman–Crippen MR) is 72.8 cm³/mol. The van der Waals surface area contributed by atoms with Crippen LogP contribution in [-0.4, -0.2) is 35.6 Å². The van der Waals surface area contributed by atoms with Gasteiger partial charge in [0.1, 0.15) is 5.82 Å². The molecular weight excluding hydrogens is 282 g/mol. The van der Waals surface area contributed by atoms with Crippen LogP contribution in [0.25, 0.3) is 0 Å². The van der Waals surface area contributed by atoms with Gasteiger partial charge in [-0.25, -0.2) is 0 Å². The molecule has 0 radical (unpaired) electrons. The van der Waals surface area contributed by atoms with Crippen LogP contribution in [0.1, 0.15) is 24.6 Å². The van der Waals surface area contributed by atoms with Gasteiger partial charge in [0.2, 0.25) is 0 Å². The summed E-state index contributed by atoms with van der Waals surface area (Å²) in [5, 5.41) is 5.35. The monoisotopic (exact) mass is 301 g/mol. The zero-order valence-electron chi connectivity index (χ0n) is 10.9. The van der Waals surface area contributed by atoms with E-state index in [-0.39, 0.29) is 0 Å². The number of likely N-dealkylation sites (N-methyl/N-ethyl adjacent to an activating group) is 1. The molecule has 4 nitrogen and oxygen atoms in total. The molecule has 0 N–H and O–H groups in total. The highest BCUT2D eigenvalue weighted by molar-refractivity contribution is 9.08. The lowest BCUT2D eigenvalue weighted by Crippen LogP contribution is -2.38. The topological polar surface area (TPSA) is 30.3 Å². The molecule has 1 aliphatic rings. The number of hydrogen-bond acceptors (Lipinski definition) is 3. The maximum Gasteiger partial charge on any atom is 0.130 e. The lowest BCUT2D eigenvalue weighted by Gasteiger charge is -2.29. The van der Waals surface area contributed by atoms with Gasteiger partial charge < -0.3 is 9.64 Å². The number of ether oxygens (including phenoxy) is 1. The summed E-state index contributed by atoms with van der Waals surface area (Å²) in [6.45, 7) is 5.06. The molecule has 0 amide bonds. The van der Waals surface area contributed by atoms with Crippen molar-refractivity contribution in [2.75, 3.05) is 18.6 Å². The number of rotatable bonds is 3. The first-order valence-corrected chi connectivity index (χ1v) is 7.11. The molecule has 2 unspecified atom stereocenters. The molecule has 0 aromatic carbocycles. The molecule has 96 valence electrons. The van der Waals surface area contributed by atoms with Crippen LogP contribution >= 0.6 is 15.9 Å². The van der Waals surface area contributed by atoms with Crippen LogP contribution in [0.2, 0.25) is 0 Å². The molecule has 1 aromatic heterocycles. The van der Waals surface area contributed by atoms with Gasteiger partial charge in [-0.05, 0) is 20.3 Å². The molecule has 1 aromatic rings. The van der Waals surface area contributed by atoms with Gasteiger partial charge in [0.05, 0.1) is 17.8 Å². The summed E-state index contributed by atoms with van der Waals surface area (Å²) in [6.07, 6.45) is 1.38. The van der Waals surface area contributed by atoms with E-state index in [0.29, 0.717) is 12.1 Å². The van der Waals surface area contributed by atoms with E-state index in [1.165, 1.54) is 11.4 Å². The van der Waals surface area contributed by atoms with E-state index < -0.39 is 0 Å². The predicted octanol–water partition coefficient (Wildman–Crippen LogP) is 2.24. The number of anilines is 1. The highest BCUT2D eigenvalue weighted by atomic mass is 79.9. The van der Waals surface area contributed by atoms with E-state index in [2.05, 4.69) is 46.8 Å². The van der Waals surface area contributed by atoms with E-state index in [9.17, 15) is 0 Å². The molecule has 2 rings (SSSR count). The summed E-state index contributed by atoms with van der Waals surface area (Å²) >= 11 is 3.55. The number of alkyl halides is 1. The van der Waals surface area contributed by atoms with Gasteiger partial charge in [-0.15, -0.1) is 0 Å². The van der Waals surface area contributed by atoms with Crippen LogP contribution < -0.4 is 4.90 Å². The van der Waals surface area contributed by atoms with E-state index in [4.69, 9.17) is 4.74 Å². The second-order valence-corrected chi connectivity index (χ2v) is 5.25. The maximum atomic E-state index is 5.65. The van der Waals surface area contributed by atoms with Crippen molar-refractivity contribution in [1.82, 2.24) is 9.78 Å². The summed E-state index contributed by atoms with van der Waals surface area (Å²) in [6, 6.07) is 0.447. The van der Waals surface area contributed by atoms with Crippen LogP contribution in [0, 0.1) is 6.92 Å². The van der Waals surface area contributed by atoms with Crippen LogP contribution in [0.4, 0.5) is 5.82 Å². The van der Waals surface area contributed by atoms with Gasteiger partial charge in [0.25, 0.3) is 0 Å². The maximum absolute atomic E-state index is 5.65. The summed E-state index contributed by atoms with van der Waals surface area (Å²) in [7, 11) is 4.14. The van der Waals surface area contributed by atoms with E-state index in [0.717, 1.165) is 24.1 Å². The summed E-state index contributed by atoms with van der Waals surface area (Å²) in [5.74, 6) is 1.20. The third-order valence-corrected chi connectivity index (χ3v) is 4.18. The first kappa shape index (κ1) is 12.9. The zero-order valence-corrected chi connectivity index (χ0v) is 12.5. The van der Waals surface area contributed by atoms with Crippen molar-refractivity contribution in [2.45, 2.75) is 37.7 Å². The smallest absolute Gasteiger partial charge is 0.130 e. The first-order valence-electron chi connectivity index (χ1n) is 5.99. The van der Waals surface area contributed by atoms with E-state index in [1.54, 1.807) is 0 Å². The molecule has 1 fully saturated rings. The molecule has 5 heteroatoms. The van der Waals surface area contributed by atoms with Crippen LogP contribution in [0.5, 0.6) is 0 Å². The van der Waals surface area contributed by atoms with Gasteiger partial charge in [-0.3, -0.25) is 4.68 Å². The molecular formula is C12H20BrN3O. The Morgan fingerprint density at radius 3 is 2.82 bits per heavy atom. The molecule has 1 aliphatic heterocycles. The van der Waals surface area contributed by atoms with Gasteiger partial charge in [0, 0.05) is 31.6 Å². The highest BCUT2D eigenvalue weighted by Crippen LogP contribution is 2.29. The number of halogens is 1. The lowest BCUT2D eigenvalue weighted by molar-refractivity contribution is 0.118. The SMILES string of the molecule is Cc1nn(C)c(N(C)C2CCOC2C)c1CBr. The number of aromatic nitrogens is 2. The van der Waals surface area contributed by atoms with Gasteiger partial charge in [-0.2, -0.15) is 5.10 Å². The Labute approximate surface area is 111 Å². The fourth-order valence-corrected chi connectivity index (χ4v) is 3.33. The standard InChI is InChI=1S/C12H20BrN3O/c1-8-10(7-13)12(16(4)14-8)15(3)11-5-6-17-9(11)2/h9,11H,5-7H2,1-4H3. The van der Waals surface area contributed by atoms with Crippen LogP contribution in [0.3, 0.4) is 0 Å². The van der Waals surface area contributed by atoms with Crippen molar-refractivity contribution in [3.63, 3.8) is 0 Å². The Morgan fingerprint density at radius 2 is 2.29 bits per heavy atom. The summed E-state index contributed by atoms with van der Waals surface area (Å²) in [5.41, 5.74) is 2.37. The van der Waals surface area contributed by atoms with Crippen molar-refractivity contribution in [1.29, 1.82) is 0 Å². The molecule has 0 saturated carbocycles. The minimum absolute atomic E-state index is 0.290. The quantitative estimate of drug-likeness (QED) is 0.802. The fourth-order valence-electron chi connectivity index (χ4n) is 2.67. The Balaban J connectivity index is 2.32. The Morgan fingerprint density at radius 1 is 1.59 bits per heavy atom. The number of hydrogen-bond donors (Lipinski definition) is 0. The second-order valence-electron chi connectivity index (χ2n) is 4.69. The third-order valence-electron chi connectivity index (χ3n) is 3.61. The zero-order chi connectivity index (χ0) is 12.6. The Hall–Kier alpha value is -0.550. The normalized spacial score (nSPS) is 24.3. The number of nitrogens with zero attached hydrogens (tertiary/aromatic N) is 3. The molecule has 2 atom stereocenters. The van der Waals surface area contributed by atoms with Crippen molar-refractivity contribution in [2.24, 2.45) is 7.05 Å². The van der Waals surface area contributed by atoms with Crippen LogP contribution in [-0.2, 0) is 17.1 Å². The largest absolute Gasteiger partial charge is 0.376 e. The third kappa shape index (κ3) is 2.22. The summed E-state index contributed by atoms with van der Waals surface area (Å²) < 4.78 is 7.61. The summed E-state index contributed by atoms with van der Waals surface area (Å²) in [4.78, 5) is 2.31. The van der Waals surface area contributed by atoms with E-state index >= 15 is 0 Å². The van der Waals surface area contributed by atoms with Gasteiger partial charge >= 0.3 is 0 Å². The van der Waals surface area contributed by atoms with Crippen LogP contribution in [0.15, 0.2) is 0 Å². The van der Waals surface area contributed by atoms with Crippen molar-refractivity contribution in [3.8, 4) is 0 Å². The number of aryl methyl sites for hydroxylation is 2. The Kier molecular flexibility index (Phi) is 3.78. The molecule has 0 bridgehead atoms. The molecule has 17 heavy (non-hydrogen) atoms. The van der Waals surface area contributed by atoms with Gasteiger partial charge in [-0.1, -0.05) is 15.9 Å². The highest BCUT2D eigenvalue weighted by Gasteiger charge is 2.30. The minimum Gasteiger partial charge on any atom is -0.376 e. The molecule has 2 heterocycles. The molecule has 1 saturated heterocycles.